The van der Waals surface area contributed by atoms with Gasteiger partial charge in [-0.15, -0.1) is 0 Å². The molecule has 0 bridgehead atoms. The molecule has 0 aliphatic rings. The first-order chi connectivity index (χ1) is 14.9. The van der Waals surface area contributed by atoms with Crippen LogP contribution in [0.4, 0.5) is 0 Å². The summed E-state index contributed by atoms with van der Waals surface area (Å²) in [6.45, 7) is 8.59. The molecule has 0 amide bonds. The minimum atomic E-state index is 0.513. The third kappa shape index (κ3) is 3.31. The zero-order valence-corrected chi connectivity index (χ0v) is 18.7. The zero-order chi connectivity index (χ0) is 21.7. The summed E-state index contributed by atoms with van der Waals surface area (Å²) < 4.78 is 8.49. The van der Waals surface area contributed by atoms with Crippen molar-refractivity contribution in [2.24, 2.45) is 7.05 Å². The Labute approximate surface area is 183 Å². The fourth-order valence-corrected chi connectivity index (χ4v) is 4.35. The van der Waals surface area contributed by atoms with Gasteiger partial charge in [-0.1, -0.05) is 50.2 Å². The zero-order valence-electron chi connectivity index (χ0n) is 18.7. The molecule has 0 saturated heterocycles. The Morgan fingerprint density at radius 1 is 0.871 bits per heavy atom. The topological polar surface area (TPSA) is 29.9 Å². The van der Waals surface area contributed by atoms with E-state index in [0.717, 1.165) is 33.3 Å². The molecule has 0 spiro atoms. The van der Waals surface area contributed by atoms with Crippen LogP contribution in [-0.4, -0.2) is 4.98 Å². The quantitative estimate of drug-likeness (QED) is 0.305. The largest absolute Gasteiger partial charge is 0.437 e. The summed E-state index contributed by atoms with van der Waals surface area (Å²) in [5, 5.41) is 2.17. The molecule has 3 aromatic heterocycles. The van der Waals surface area contributed by atoms with Crippen molar-refractivity contribution in [3.63, 3.8) is 0 Å². The molecule has 3 heterocycles. The predicted octanol–water partition coefficient (Wildman–Crippen LogP) is 6.88. The van der Waals surface area contributed by atoms with Gasteiger partial charge in [0, 0.05) is 28.1 Å². The summed E-state index contributed by atoms with van der Waals surface area (Å²) >= 11 is 0. The Kier molecular flexibility index (Phi) is 4.62. The summed E-state index contributed by atoms with van der Waals surface area (Å²) in [6, 6.07) is 21.7. The molecule has 5 rings (SSSR count). The number of hydrogen-bond donors (Lipinski definition) is 0. The maximum absolute atomic E-state index is 6.29. The van der Waals surface area contributed by atoms with Gasteiger partial charge in [0.15, 0.2) is 11.8 Å². The number of aryl methyl sites for hydroxylation is 3. The lowest BCUT2D eigenvalue weighted by atomic mass is 9.97. The monoisotopic (exact) mass is 407 g/mol. The third-order valence-corrected chi connectivity index (χ3v) is 6.13. The molecule has 154 valence electrons. The molecule has 0 radical (unpaired) electrons. The lowest BCUT2D eigenvalue weighted by Gasteiger charge is -2.09. The number of aromatic nitrogens is 2. The van der Waals surface area contributed by atoms with Crippen LogP contribution in [0.2, 0.25) is 0 Å². The summed E-state index contributed by atoms with van der Waals surface area (Å²) in [6.07, 6.45) is 2.21. The van der Waals surface area contributed by atoms with Crippen molar-refractivity contribution in [2.45, 2.75) is 33.6 Å². The van der Waals surface area contributed by atoms with E-state index in [2.05, 4.69) is 98.2 Å². The first kappa shape index (κ1) is 19.5. The van der Waals surface area contributed by atoms with E-state index in [9.17, 15) is 0 Å². The second-order valence-corrected chi connectivity index (χ2v) is 8.74. The van der Waals surface area contributed by atoms with E-state index in [-0.39, 0.29) is 0 Å². The lowest BCUT2D eigenvalue weighted by Crippen LogP contribution is -2.31. The Morgan fingerprint density at radius 3 is 2.45 bits per heavy atom. The van der Waals surface area contributed by atoms with E-state index in [4.69, 9.17) is 4.42 Å². The summed E-state index contributed by atoms with van der Waals surface area (Å²) in [7, 11) is 2.11. The maximum atomic E-state index is 6.29. The normalized spacial score (nSPS) is 11.7. The van der Waals surface area contributed by atoms with Crippen molar-refractivity contribution < 1.29 is 8.98 Å². The summed E-state index contributed by atoms with van der Waals surface area (Å²) in [4.78, 5) is 4.60. The summed E-state index contributed by atoms with van der Waals surface area (Å²) in [5.41, 5.74) is 9.81. The number of fused-ring (bicyclic) bond motifs is 3. The Morgan fingerprint density at radius 2 is 1.68 bits per heavy atom. The van der Waals surface area contributed by atoms with E-state index < -0.39 is 0 Å². The Hall–Kier alpha value is -3.46. The van der Waals surface area contributed by atoms with Crippen LogP contribution in [0, 0.1) is 13.8 Å². The highest BCUT2D eigenvalue weighted by Gasteiger charge is 2.21. The number of furan rings is 1. The molecule has 3 nitrogen and oxygen atoms in total. The van der Waals surface area contributed by atoms with Crippen LogP contribution < -0.4 is 4.57 Å². The van der Waals surface area contributed by atoms with Gasteiger partial charge in [-0.2, -0.15) is 0 Å². The summed E-state index contributed by atoms with van der Waals surface area (Å²) in [5.74, 6) is 0.513. The minimum absolute atomic E-state index is 0.513. The molecule has 5 aromatic rings. The highest BCUT2D eigenvalue weighted by atomic mass is 16.3. The van der Waals surface area contributed by atoms with Gasteiger partial charge in [0.25, 0.3) is 0 Å². The standard InChI is InChI=1S/C28H27N2O/c1-17(2)20-7-6-8-21(15-20)22-11-14-25(30(5)16-22)26-18(3)9-12-23-24-13-10-19(4)29-28(24)31-27(23)26/h6-17H,1-5H3/q+1. The number of rotatable bonds is 3. The molecular weight excluding hydrogens is 380 g/mol. The van der Waals surface area contributed by atoms with Crippen LogP contribution in [0.3, 0.4) is 0 Å². The average molecular weight is 408 g/mol. The van der Waals surface area contributed by atoms with Crippen molar-refractivity contribution in [1.82, 2.24) is 4.98 Å². The highest BCUT2D eigenvalue weighted by Crippen LogP contribution is 2.36. The van der Waals surface area contributed by atoms with Gasteiger partial charge in [-0.25, -0.2) is 9.55 Å². The van der Waals surface area contributed by atoms with Crippen LogP contribution in [0.15, 0.2) is 71.3 Å². The number of benzene rings is 2. The van der Waals surface area contributed by atoms with E-state index in [1.807, 2.05) is 13.0 Å². The van der Waals surface area contributed by atoms with Crippen LogP contribution in [0.5, 0.6) is 0 Å². The molecule has 3 heteroatoms. The highest BCUT2D eigenvalue weighted by molar-refractivity contribution is 6.08. The van der Waals surface area contributed by atoms with E-state index in [1.165, 1.54) is 22.3 Å². The SMILES string of the molecule is Cc1ccc2c(n1)oc1c(-c3ccc(-c4cccc(C(C)C)c4)c[n+]3C)c(C)ccc12. The van der Waals surface area contributed by atoms with E-state index in [0.29, 0.717) is 11.6 Å². The molecule has 0 aliphatic carbocycles. The fraction of sp³-hybridized carbons (Fsp3) is 0.214. The Balaban J connectivity index is 1.68. The second kappa shape index (κ2) is 7.35. The molecule has 0 atom stereocenters. The van der Waals surface area contributed by atoms with Crippen molar-refractivity contribution in [2.75, 3.05) is 0 Å². The molecule has 2 aromatic carbocycles. The van der Waals surface area contributed by atoms with Crippen LogP contribution in [0.25, 0.3) is 44.5 Å². The van der Waals surface area contributed by atoms with Crippen LogP contribution >= 0.6 is 0 Å². The molecule has 0 unspecified atom stereocenters. The maximum Gasteiger partial charge on any atom is 0.227 e. The van der Waals surface area contributed by atoms with Crippen molar-refractivity contribution in [3.8, 4) is 22.4 Å². The minimum Gasteiger partial charge on any atom is -0.437 e. The Bertz CT molecular complexity index is 1440. The molecule has 0 fully saturated rings. The van der Waals surface area contributed by atoms with Gasteiger partial charge in [0.1, 0.15) is 7.05 Å². The molecule has 0 aliphatic heterocycles. The van der Waals surface area contributed by atoms with E-state index >= 15 is 0 Å². The lowest BCUT2D eigenvalue weighted by molar-refractivity contribution is -0.659. The second-order valence-electron chi connectivity index (χ2n) is 8.74. The van der Waals surface area contributed by atoms with Crippen molar-refractivity contribution in [1.29, 1.82) is 0 Å². The number of hydrogen-bond acceptors (Lipinski definition) is 2. The number of nitrogens with zero attached hydrogens (tertiary/aromatic N) is 2. The van der Waals surface area contributed by atoms with Crippen molar-refractivity contribution >= 4 is 22.1 Å². The van der Waals surface area contributed by atoms with Gasteiger partial charge in [-0.3, -0.25) is 0 Å². The average Bonchev–Trinajstić information content (AvgIpc) is 3.11. The predicted molar refractivity (Wildman–Crippen MR) is 127 cm³/mol. The molecule has 0 N–H and O–H groups in total. The van der Waals surface area contributed by atoms with Gasteiger partial charge in [0.05, 0.1) is 5.56 Å². The molecule has 0 saturated carbocycles. The molecule has 31 heavy (non-hydrogen) atoms. The smallest absolute Gasteiger partial charge is 0.227 e. The van der Waals surface area contributed by atoms with E-state index in [1.54, 1.807) is 0 Å². The van der Waals surface area contributed by atoms with Gasteiger partial charge in [0.2, 0.25) is 11.4 Å². The first-order valence-corrected chi connectivity index (χ1v) is 10.8. The van der Waals surface area contributed by atoms with Gasteiger partial charge in [-0.05, 0) is 54.7 Å². The number of pyridine rings is 2. The van der Waals surface area contributed by atoms with Crippen molar-refractivity contribution in [3.05, 3.63) is 83.7 Å². The fourth-order valence-electron chi connectivity index (χ4n) is 4.35. The van der Waals surface area contributed by atoms with Crippen LogP contribution in [0.1, 0.15) is 36.6 Å². The van der Waals surface area contributed by atoms with Gasteiger partial charge >= 0.3 is 0 Å². The van der Waals surface area contributed by atoms with Gasteiger partial charge < -0.3 is 4.42 Å². The first-order valence-electron chi connectivity index (χ1n) is 10.8. The molecular formula is C28H27N2O+. The van der Waals surface area contributed by atoms with Crippen LogP contribution in [-0.2, 0) is 7.05 Å². The third-order valence-electron chi connectivity index (χ3n) is 6.13.